The molecule has 5 heteroatoms. The van der Waals surface area contributed by atoms with Gasteiger partial charge < -0.3 is 22.6 Å². The Morgan fingerprint density at radius 1 is 0.281 bits per heavy atom. The highest BCUT2D eigenvalue weighted by molar-refractivity contribution is 6.32. The van der Waals surface area contributed by atoms with Gasteiger partial charge in [0.1, 0.15) is 44.7 Å². The van der Waals surface area contributed by atoms with E-state index >= 15 is 0 Å². The summed E-state index contributed by atoms with van der Waals surface area (Å²) in [7, 11) is 0. The zero-order chi connectivity index (χ0) is 37.2. The molecule has 0 aliphatic heterocycles. The molecule has 9 aromatic carbocycles. The minimum absolute atomic E-state index is 0.838. The van der Waals surface area contributed by atoms with Crippen LogP contribution in [0, 0.1) is 0 Å². The number of anilines is 3. The molecule has 0 bridgehead atoms. The highest BCUT2D eigenvalue weighted by Gasteiger charge is 2.21. The minimum atomic E-state index is 0.838. The third-order valence-electron chi connectivity index (χ3n) is 11.7. The van der Waals surface area contributed by atoms with E-state index < -0.39 is 0 Å². The van der Waals surface area contributed by atoms with Crippen LogP contribution in [0.4, 0.5) is 17.1 Å². The first kappa shape index (κ1) is 30.6. The van der Waals surface area contributed by atoms with Crippen LogP contribution in [-0.2, 0) is 0 Å². The van der Waals surface area contributed by atoms with E-state index in [0.717, 1.165) is 127 Å². The number of nitrogens with zero attached hydrogens (tertiary/aromatic N) is 1. The van der Waals surface area contributed by atoms with Crippen molar-refractivity contribution >= 4 is 116 Å². The summed E-state index contributed by atoms with van der Waals surface area (Å²) in [6, 6.07) is 61.2. The predicted molar refractivity (Wildman–Crippen MR) is 233 cm³/mol. The van der Waals surface area contributed by atoms with Crippen LogP contribution in [0.5, 0.6) is 0 Å². The Kier molecular flexibility index (Phi) is 6.10. The molecule has 0 fully saturated rings. The van der Waals surface area contributed by atoms with E-state index in [1.807, 2.05) is 36.4 Å². The van der Waals surface area contributed by atoms with Gasteiger partial charge in [0.05, 0.1) is 0 Å². The maximum atomic E-state index is 6.60. The standard InChI is InChI=1S/C52H29NO4/c1-4-12-41-36(8-1)38-24-22-33(28-47(38)55-41)53(34-23-25-39-37-9-2-5-13-42(37)56-48(39)29-34)32-20-16-30(17-21-32)35-11-7-15-44-50(35)52-46(57-44)27-19-31-18-26-45-51(49(31)52)40-10-3-6-14-43(40)54-45/h1-29H. The van der Waals surface area contributed by atoms with Crippen LogP contribution in [-0.4, -0.2) is 0 Å². The average Bonchev–Trinajstić information content (AvgIpc) is 4.03. The lowest BCUT2D eigenvalue weighted by atomic mass is 9.94. The Labute approximate surface area is 324 Å². The average molecular weight is 732 g/mol. The fourth-order valence-corrected chi connectivity index (χ4v) is 9.12. The molecule has 0 saturated carbocycles. The van der Waals surface area contributed by atoms with Crippen molar-refractivity contribution in [2.75, 3.05) is 4.90 Å². The van der Waals surface area contributed by atoms with Crippen molar-refractivity contribution in [2.45, 2.75) is 0 Å². The number of hydrogen-bond acceptors (Lipinski definition) is 5. The molecule has 266 valence electrons. The maximum absolute atomic E-state index is 6.60. The van der Waals surface area contributed by atoms with Crippen LogP contribution in [0.25, 0.3) is 110 Å². The van der Waals surface area contributed by atoms with Gasteiger partial charge in [-0.2, -0.15) is 0 Å². The largest absolute Gasteiger partial charge is 0.456 e. The molecule has 57 heavy (non-hydrogen) atoms. The zero-order valence-corrected chi connectivity index (χ0v) is 30.3. The molecule has 0 aliphatic carbocycles. The molecular weight excluding hydrogens is 703 g/mol. The van der Waals surface area contributed by atoms with E-state index in [2.05, 4.69) is 144 Å². The maximum Gasteiger partial charge on any atom is 0.137 e. The highest BCUT2D eigenvalue weighted by Crippen LogP contribution is 2.46. The van der Waals surface area contributed by atoms with Gasteiger partial charge in [-0.25, -0.2) is 0 Å². The Balaban J connectivity index is 1.01. The van der Waals surface area contributed by atoms with E-state index in [4.69, 9.17) is 17.7 Å². The van der Waals surface area contributed by atoms with Gasteiger partial charge in [0.25, 0.3) is 0 Å². The summed E-state index contributed by atoms with van der Waals surface area (Å²) < 4.78 is 25.7. The molecule has 4 aromatic heterocycles. The van der Waals surface area contributed by atoms with Gasteiger partial charge in [0, 0.05) is 77.7 Å². The van der Waals surface area contributed by atoms with Gasteiger partial charge in [-0.15, -0.1) is 0 Å². The van der Waals surface area contributed by atoms with Crippen LogP contribution < -0.4 is 4.90 Å². The van der Waals surface area contributed by atoms with Crippen molar-refractivity contribution in [2.24, 2.45) is 0 Å². The summed E-state index contributed by atoms with van der Waals surface area (Å²) in [4.78, 5) is 2.27. The molecule has 0 amide bonds. The molecule has 5 nitrogen and oxygen atoms in total. The van der Waals surface area contributed by atoms with Gasteiger partial charge in [0.15, 0.2) is 0 Å². The van der Waals surface area contributed by atoms with E-state index in [-0.39, 0.29) is 0 Å². The van der Waals surface area contributed by atoms with Gasteiger partial charge in [-0.05, 0) is 89.3 Å². The van der Waals surface area contributed by atoms with Crippen molar-refractivity contribution < 1.29 is 17.7 Å². The first-order valence-electron chi connectivity index (χ1n) is 19.1. The molecule has 13 aromatic rings. The first-order valence-corrected chi connectivity index (χ1v) is 19.1. The van der Waals surface area contributed by atoms with Crippen LogP contribution in [0.3, 0.4) is 0 Å². The molecule has 0 saturated heterocycles. The van der Waals surface area contributed by atoms with Crippen molar-refractivity contribution in [3.8, 4) is 11.1 Å². The molecule has 4 heterocycles. The second-order valence-corrected chi connectivity index (χ2v) is 14.8. The predicted octanol–water partition coefficient (Wildman–Crippen LogP) is 15.6. The fourth-order valence-electron chi connectivity index (χ4n) is 9.12. The normalized spacial score (nSPS) is 12.2. The molecule has 0 atom stereocenters. The monoisotopic (exact) mass is 731 g/mol. The van der Waals surface area contributed by atoms with E-state index in [1.165, 1.54) is 0 Å². The number of furan rings is 4. The van der Waals surface area contributed by atoms with Crippen LogP contribution in [0.1, 0.15) is 0 Å². The number of para-hydroxylation sites is 3. The fraction of sp³-hybridized carbons (Fsp3) is 0. The van der Waals surface area contributed by atoms with Crippen molar-refractivity contribution in [3.05, 3.63) is 176 Å². The highest BCUT2D eigenvalue weighted by atomic mass is 16.3. The van der Waals surface area contributed by atoms with E-state index in [1.54, 1.807) is 0 Å². The lowest BCUT2D eigenvalue weighted by Gasteiger charge is -2.25. The van der Waals surface area contributed by atoms with Crippen LogP contribution >= 0.6 is 0 Å². The van der Waals surface area contributed by atoms with Gasteiger partial charge in [-0.3, -0.25) is 0 Å². The topological polar surface area (TPSA) is 55.8 Å². The summed E-state index contributed by atoms with van der Waals surface area (Å²) in [6.45, 7) is 0. The lowest BCUT2D eigenvalue weighted by molar-refractivity contribution is 0.668. The van der Waals surface area contributed by atoms with Gasteiger partial charge in [0.2, 0.25) is 0 Å². The Morgan fingerprint density at radius 3 is 1.40 bits per heavy atom. The Hall–Kier alpha value is -7.76. The molecule has 0 aliphatic rings. The summed E-state index contributed by atoms with van der Waals surface area (Å²) in [5, 5.41) is 11.1. The molecule has 0 unspecified atom stereocenters. The molecule has 0 spiro atoms. The Morgan fingerprint density at radius 2 is 0.754 bits per heavy atom. The van der Waals surface area contributed by atoms with Crippen molar-refractivity contribution in [3.63, 3.8) is 0 Å². The number of hydrogen-bond donors (Lipinski definition) is 0. The van der Waals surface area contributed by atoms with E-state index in [9.17, 15) is 0 Å². The summed E-state index contributed by atoms with van der Waals surface area (Å²) in [5.41, 5.74) is 12.0. The zero-order valence-electron chi connectivity index (χ0n) is 30.3. The van der Waals surface area contributed by atoms with Crippen molar-refractivity contribution in [1.29, 1.82) is 0 Å². The minimum Gasteiger partial charge on any atom is -0.456 e. The molecule has 13 rings (SSSR count). The van der Waals surface area contributed by atoms with E-state index in [0.29, 0.717) is 0 Å². The van der Waals surface area contributed by atoms with Crippen molar-refractivity contribution in [1.82, 2.24) is 0 Å². The molecular formula is C52H29NO4. The number of rotatable bonds is 4. The second kappa shape index (κ2) is 11.4. The first-order chi connectivity index (χ1) is 28.2. The smallest absolute Gasteiger partial charge is 0.137 e. The Bertz CT molecular complexity index is 3650. The lowest BCUT2D eigenvalue weighted by Crippen LogP contribution is -2.09. The van der Waals surface area contributed by atoms with Gasteiger partial charge in [-0.1, -0.05) is 91.0 Å². The number of benzene rings is 9. The molecule has 0 radical (unpaired) electrons. The quantitative estimate of drug-likeness (QED) is 0.180. The van der Waals surface area contributed by atoms with Crippen LogP contribution in [0.15, 0.2) is 194 Å². The SMILES string of the molecule is c1ccc2c(c1)oc1cc(N(c3ccc(-c4cccc5oc6ccc7ccc8oc9ccccc9c8c7c6c45)cc3)c3ccc4c(c3)oc3ccccc34)ccc12. The summed E-state index contributed by atoms with van der Waals surface area (Å²) in [5.74, 6) is 0. The molecule has 0 N–H and O–H groups in total. The third-order valence-corrected chi connectivity index (χ3v) is 11.7. The second-order valence-electron chi connectivity index (χ2n) is 14.8. The van der Waals surface area contributed by atoms with Gasteiger partial charge >= 0.3 is 0 Å². The third kappa shape index (κ3) is 4.39. The van der Waals surface area contributed by atoms with Crippen LogP contribution in [0.2, 0.25) is 0 Å². The summed E-state index contributed by atoms with van der Waals surface area (Å²) >= 11 is 0. The number of fused-ring (bicyclic) bond motifs is 15. The summed E-state index contributed by atoms with van der Waals surface area (Å²) in [6.07, 6.45) is 0.